The van der Waals surface area contributed by atoms with Gasteiger partial charge in [-0.05, 0) is 22.8 Å². The number of hydrogen-bond acceptors (Lipinski definition) is 2. The van der Waals surface area contributed by atoms with Crippen LogP contribution in [-0.4, -0.2) is 22.2 Å². The Morgan fingerprint density at radius 2 is 0.892 bits per heavy atom. The fourth-order valence-electron chi connectivity index (χ4n) is 4.29. The Morgan fingerprint density at radius 3 is 1.22 bits per heavy atom. The van der Waals surface area contributed by atoms with Crippen LogP contribution >= 0.6 is 6.89 Å². The second kappa shape index (κ2) is 10.5. The molecule has 188 valence electrons. The van der Waals surface area contributed by atoms with Crippen molar-refractivity contribution in [2.45, 2.75) is 6.42 Å². The molecule has 0 saturated heterocycles. The summed E-state index contributed by atoms with van der Waals surface area (Å²) in [5, 5.41) is 11.1. The standard InChI is InChI=1S/C28H18F5O3P/c29-22-20(23(30)25(32)26(33)24(22)31)16-21(34)27(28(35)36)37(17-10-4-1-5-11-17,18-12-6-2-7-13-18)19-14-8-3-9-15-19/h1-15H,16H2,(H,35,36). The summed E-state index contributed by atoms with van der Waals surface area (Å²) in [4.78, 5) is 26.5. The first kappa shape index (κ1) is 26.0. The maximum atomic E-state index is 14.5. The van der Waals surface area contributed by atoms with Gasteiger partial charge >= 0.3 is 5.97 Å². The van der Waals surface area contributed by atoms with Crippen LogP contribution in [0.1, 0.15) is 5.56 Å². The van der Waals surface area contributed by atoms with E-state index < -0.39 is 65.0 Å². The second-order valence-electron chi connectivity index (χ2n) is 7.98. The van der Waals surface area contributed by atoms with Crippen molar-refractivity contribution in [2.24, 2.45) is 0 Å². The average molecular weight is 528 g/mol. The van der Waals surface area contributed by atoms with Crippen molar-refractivity contribution in [3.8, 4) is 0 Å². The molecule has 0 saturated carbocycles. The summed E-state index contributed by atoms with van der Waals surface area (Å²) < 4.78 is 70.2. The smallest absolute Gasteiger partial charge is 0.340 e. The molecule has 1 N–H and O–H groups in total. The third-order valence-corrected chi connectivity index (χ3v) is 10.2. The highest BCUT2D eigenvalue weighted by Gasteiger charge is 2.38. The van der Waals surface area contributed by atoms with Gasteiger partial charge in [-0.1, -0.05) is 91.0 Å². The number of carbonyl (C=O) groups is 2. The summed E-state index contributed by atoms with van der Waals surface area (Å²) >= 11 is 0. The van der Waals surface area contributed by atoms with E-state index >= 15 is 0 Å². The molecule has 0 aliphatic heterocycles. The van der Waals surface area contributed by atoms with Gasteiger partial charge in [0.05, 0.1) is 0 Å². The lowest BCUT2D eigenvalue weighted by atomic mass is 10.0. The molecule has 4 aromatic rings. The lowest BCUT2D eigenvalue weighted by Crippen LogP contribution is -2.38. The quantitative estimate of drug-likeness (QED) is 0.124. The van der Waals surface area contributed by atoms with Gasteiger partial charge in [-0.3, -0.25) is 4.79 Å². The number of hydrogen-bond donors (Lipinski definition) is 1. The van der Waals surface area contributed by atoms with Crippen LogP contribution in [0.4, 0.5) is 22.0 Å². The summed E-state index contributed by atoms with van der Waals surface area (Å²) in [6.45, 7) is -3.52. The number of ketones is 1. The highest BCUT2D eigenvalue weighted by molar-refractivity contribution is 7.97. The van der Waals surface area contributed by atoms with Gasteiger partial charge < -0.3 is 5.11 Å². The van der Waals surface area contributed by atoms with Crippen LogP contribution in [0.2, 0.25) is 0 Å². The number of aliphatic carboxylic acids is 1. The van der Waals surface area contributed by atoms with E-state index in [1.807, 2.05) is 0 Å². The maximum absolute atomic E-state index is 14.5. The normalized spacial score (nSPS) is 11.3. The number of benzene rings is 4. The first-order valence-corrected chi connectivity index (χ1v) is 12.7. The molecule has 0 radical (unpaired) electrons. The molecule has 0 aliphatic rings. The Labute approximate surface area is 208 Å². The minimum Gasteiger partial charge on any atom is -0.478 e. The fourth-order valence-corrected chi connectivity index (χ4v) is 8.56. The van der Waals surface area contributed by atoms with E-state index in [2.05, 4.69) is 0 Å². The summed E-state index contributed by atoms with van der Waals surface area (Å²) in [7, 11) is 0. The molecule has 4 aromatic carbocycles. The third-order valence-electron chi connectivity index (χ3n) is 5.87. The number of carboxylic acids is 1. The van der Waals surface area contributed by atoms with Gasteiger partial charge in [-0.15, -0.1) is 0 Å². The Morgan fingerprint density at radius 1 is 0.568 bits per heavy atom. The number of carboxylic acid groups (broad SMARTS) is 1. The highest BCUT2D eigenvalue weighted by atomic mass is 31.2. The zero-order chi connectivity index (χ0) is 26.7. The number of carbonyl (C=O) groups excluding carboxylic acids is 1. The molecule has 37 heavy (non-hydrogen) atoms. The van der Waals surface area contributed by atoms with E-state index in [0.717, 1.165) is 0 Å². The predicted octanol–water partition coefficient (Wildman–Crippen LogP) is 4.74. The van der Waals surface area contributed by atoms with Crippen LogP contribution in [0.3, 0.4) is 0 Å². The topological polar surface area (TPSA) is 54.4 Å². The number of halogens is 5. The molecular formula is C28H18F5O3P. The Hall–Kier alpha value is -4.03. The van der Waals surface area contributed by atoms with Crippen LogP contribution in [0, 0.1) is 29.1 Å². The Balaban J connectivity index is 2.14. The minimum atomic E-state index is -3.52. The zero-order valence-electron chi connectivity index (χ0n) is 19.0. The van der Waals surface area contributed by atoms with Crippen LogP contribution in [-0.2, 0) is 16.0 Å². The van der Waals surface area contributed by atoms with Gasteiger partial charge in [0.2, 0.25) is 5.82 Å². The molecule has 0 atom stereocenters. The predicted molar refractivity (Wildman–Crippen MR) is 133 cm³/mol. The molecule has 0 spiro atoms. The molecule has 0 unspecified atom stereocenters. The molecule has 0 aliphatic carbocycles. The van der Waals surface area contributed by atoms with Gasteiger partial charge in [-0.25, -0.2) is 26.7 Å². The fraction of sp³-hybridized carbons (Fsp3) is 0.0357. The molecule has 4 rings (SSSR count). The summed E-state index contributed by atoms with van der Waals surface area (Å²) in [6.07, 6.45) is -1.35. The van der Waals surface area contributed by atoms with Gasteiger partial charge in [0.25, 0.3) is 0 Å². The third kappa shape index (κ3) is 4.49. The van der Waals surface area contributed by atoms with E-state index in [1.54, 1.807) is 91.0 Å². The zero-order valence-corrected chi connectivity index (χ0v) is 19.9. The van der Waals surface area contributed by atoms with E-state index in [1.165, 1.54) is 0 Å². The molecule has 0 aromatic heterocycles. The molecule has 9 heteroatoms. The van der Waals surface area contributed by atoms with Crippen molar-refractivity contribution in [1.82, 2.24) is 0 Å². The highest BCUT2D eigenvalue weighted by Crippen LogP contribution is 2.46. The van der Waals surface area contributed by atoms with Crippen molar-refractivity contribution in [3.05, 3.63) is 126 Å². The summed E-state index contributed by atoms with van der Waals surface area (Å²) in [5.41, 5.74) is -1.40. The molecule has 0 fully saturated rings. The first-order valence-electron chi connectivity index (χ1n) is 10.9. The maximum Gasteiger partial charge on any atom is 0.340 e. The largest absolute Gasteiger partial charge is 0.478 e. The molecule has 0 heterocycles. The van der Waals surface area contributed by atoms with E-state index in [9.17, 15) is 36.6 Å². The number of Topliss-reactive ketones (excluding diaryl/α,β-unsaturated/α-hetero) is 1. The summed E-state index contributed by atoms with van der Waals surface area (Å²) in [6, 6.07) is 24.9. The van der Waals surface area contributed by atoms with Crippen molar-refractivity contribution in [1.29, 1.82) is 0 Å². The van der Waals surface area contributed by atoms with E-state index in [0.29, 0.717) is 15.9 Å². The van der Waals surface area contributed by atoms with Crippen LogP contribution < -0.4 is 15.9 Å². The van der Waals surface area contributed by atoms with Crippen molar-refractivity contribution < 1.29 is 36.6 Å². The van der Waals surface area contributed by atoms with Crippen LogP contribution in [0.25, 0.3) is 0 Å². The van der Waals surface area contributed by atoms with Crippen molar-refractivity contribution >= 4 is 39.8 Å². The Kier molecular flexibility index (Phi) is 7.41. The van der Waals surface area contributed by atoms with Gasteiger partial charge in [0.1, 0.15) is 5.29 Å². The molecule has 0 bridgehead atoms. The molecule has 3 nitrogen and oxygen atoms in total. The monoisotopic (exact) mass is 528 g/mol. The lowest BCUT2D eigenvalue weighted by molar-refractivity contribution is -0.130. The van der Waals surface area contributed by atoms with Crippen molar-refractivity contribution in [2.75, 3.05) is 0 Å². The van der Waals surface area contributed by atoms with E-state index in [-0.39, 0.29) is 0 Å². The van der Waals surface area contributed by atoms with Crippen LogP contribution in [0.5, 0.6) is 0 Å². The van der Waals surface area contributed by atoms with Crippen LogP contribution in [0.15, 0.2) is 91.0 Å². The molecule has 0 amide bonds. The van der Waals surface area contributed by atoms with Crippen molar-refractivity contribution in [3.63, 3.8) is 0 Å². The SMILES string of the molecule is O=C(O)C(C(=O)Cc1c(F)c(F)c(F)c(F)c1F)=P(c1ccccc1)(c1ccccc1)c1ccccc1. The Bertz CT molecular complexity index is 1410. The van der Waals surface area contributed by atoms with E-state index in [4.69, 9.17) is 0 Å². The average Bonchev–Trinajstić information content (AvgIpc) is 2.93. The van der Waals surface area contributed by atoms with Gasteiger partial charge in [0, 0.05) is 12.0 Å². The number of rotatable bonds is 7. The lowest BCUT2D eigenvalue weighted by Gasteiger charge is -2.31. The summed E-state index contributed by atoms with van der Waals surface area (Å²) in [5.74, 6) is -14.1. The first-order chi connectivity index (χ1) is 17.7. The van der Waals surface area contributed by atoms with Gasteiger partial charge in [0.15, 0.2) is 29.1 Å². The second-order valence-corrected chi connectivity index (χ2v) is 11.3. The molecular weight excluding hydrogens is 510 g/mol. The van der Waals surface area contributed by atoms with Gasteiger partial charge in [-0.2, -0.15) is 0 Å². The minimum absolute atomic E-state index is 0.454.